The molecule has 0 fully saturated rings. The maximum Gasteiger partial charge on any atom is 0.253 e. The molecule has 0 aliphatic heterocycles. The van der Waals surface area contributed by atoms with Gasteiger partial charge in [-0.3, -0.25) is 9.36 Å². The molecule has 0 amide bonds. The molecule has 1 aromatic rings. The van der Waals surface area contributed by atoms with Crippen LogP contribution in [0.3, 0.4) is 0 Å². The van der Waals surface area contributed by atoms with E-state index >= 15 is 0 Å². The Labute approximate surface area is 90.3 Å². The molecule has 1 unspecified atom stereocenters. The van der Waals surface area contributed by atoms with Gasteiger partial charge in [-0.2, -0.15) is 0 Å². The molecule has 0 bridgehead atoms. The van der Waals surface area contributed by atoms with Gasteiger partial charge in [-0.05, 0) is 25.9 Å². The maximum atomic E-state index is 11.6. The van der Waals surface area contributed by atoms with Gasteiger partial charge in [0.15, 0.2) is 0 Å². The molecular formula is C11H19N3O. The first-order chi connectivity index (χ1) is 7.13. The third-order valence-corrected chi connectivity index (χ3v) is 2.27. The first-order valence-corrected chi connectivity index (χ1v) is 5.37. The minimum absolute atomic E-state index is 0.0332. The van der Waals surface area contributed by atoms with Crippen LogP contribution in [0.15, 0.2) is 17.2 Å². The predicted octanol–water partition coefficient (Wildman–Crippen LogP) is 0.797. The molecule has 15 heavy (non-hydrogen) atoms. The molecule has 0 radical (unpaired) electrons. The summed E-state index contributed by atoms with van der Waals surface area (Å²) < 4.78 is 1.66. The standard InChI is InChI=1S/C11H19N3O/c1-4-12-6-9(2)7-14-8-13-10(3)5-11(14)15/h5,8-9,12H,4,6-7H2,1-3H3. The van der Waals surface area contributed by atoms with E-state index in [1.54, 1.807) is 17.0 Å². The van der Waals surface area contributed by atoms with Crippen molar-refractivity contribution in [1.82, 2.24) is 14.9 Å². The summed E-state index contributed by atoms with van der Waals surface area (Å²) >= 11 is 0. The van der Waals surface area contributed by atoms with Gasteiger partial charge in [0.2, 0.25) is 0 Å². The van der Waals surface area contributed by atoms with Crippen molar-refractivity contribution in [1.29, 1.82) is 0 Å². The molecule has 4 heteroatoms. The van der Waals surface area contributed by atoms with E-state index in [1.165, 1.54) is 0 Å². The van der Waals surface area contributed by atoms with E-state index in [1.807, 2.05) is 6.92 Å². The molecule has 84 valence electrons. The molecule has 0 saturated carbocycles. The van der Waals surface area contributed by atoms with E-state index in [0.717, 1.165) is 25.3 Å². The van der Waals surface area contributed by atoms with Crippen LogP contribution in [0.4, 0.5) is 0 Å². The number of nitrogens with one attached hydrogen (secondary N) is 1. The Morgan fingerprint density at radius 1 is 1.60 bits per heavy atom. The summed E-state index contributed by atoms with van der Waals surface area (Å²) in [7, 11) is 0. The van der Waals surface area contributed by atoms with Crippen LogP contribution in [0.2, 0.25) is 0 Å². The smallest absolute Gasteiger partial charge is 0.253 e. The normalized spacial score (nSPS) is 12.7. The summed E-state index contributed by atoms with van der Waals surface area (Å²) in [6.45, 7) is 8.64. The van der Waals surface area contributed by atoms with Gasteiger partial charge in [-0.1, -0.05) is 13.8 Å². The van der Waals surface area contributed by atoms with Crippen LogP contribution >= 0.6 is 0 Å². The van der Waals surface area contributed by atoms with Crippen LogP contribution in [0.1, 0.15) is 19.5 Å². The van der Waals surface area contributed by atoms with Gasteiger partial charge in [0.25, 0.3) is 5.56 Å². The minimum atomic E-state index is 0.0332. The lowest BCUT2D eigenvalue weighted by Crippen LogP contribution is -2.28. The highest BCUT2D eigenvalue weighted by molar-refractivity contribution is 4.96. The Kier molecular flexibility index (Phi) is 4.49. The lowest BCUT2D eigenvalue weighted by atomic mass is 10.2. The Bertz CT molecular complexity index is 359. The molecule has 4 nitrogen and oxygen atoms in total. The maximum absolute atomic E-state index is 11.6. The van der Waals surface area contributed by atoms with E-state index < -0.39 is 0 Å². The number of nitrogens with zero attached hydrogens (tertiary/aromatic N) is 2. The van der Waals surface area contributed by atoms with Gasteiger partial charge < -0.3 is 5.32 Å². The second kappa shape index (κ2) is 5.66. The second-order valence-electron chi connectivity index (χ2n) is 3.93. The first kappa shape index (κ1) is 11.9. The summed E-state index contributed by atoms with van der Waals surface area (Å²) in [5.41, 5.74) is 0.807. The second-order valence-corrected chi connectivity index (χ2v) is 3.93. The Hall–Kier alpha value is -1.16. The van der Waals surface area contributed by atoms with Crippen molar-refractivity contribution in [3.05, 3.63) is 28.4 Å². The first-order valence-electron chi connectivity index (χ1n) is 5.37. The van der Waals surface area contributed by atoms with Crippen LogP contribution < -0.4 is 10.9 Å². The number of rotatable bonds is 5. The van der Waals surface area contributed by atoms with Crippen LogP contribution in [0.25, 0.3) is 0 Å². The summed E-state index contributed by atoms with van der Waals surface area (Å²) in [6, 6.07) is 1.57. The quantitative estimate of drug-likeness (QED) is 0.780. The number of aryl methyl sites for hydroxylation is 1. The van der Waals surface area contributed by atoms with E-state index in [0.29, 0.717) is 5.92 Å². The zero-order chi connectivity index (χ0) is 11.3. The molecule has 0 aliphatic carbocycles. The number of aromatic nitrogens is 2. The van der Waals surface area contributed by atoms with Gasteiger partial charge in [-0.25, -0.2) is 4.98 Å². The van der Waals surface area contributed by atoms with Gasteiger partial charge in [-0.15, -0.1) is 0 Å². The van der Waals surface area contributed by atoms with Crippen molar-refractivity contribution in [2.75, 3.05) is 13.1 Å². The van der Waals surface area contributed by atoms with E-state index in [2.05, 4.69) is 24.1 Å². The lowest BCUT2D eigenvalue weighted by Gasteiger charge is -2.13. The molecule has 0 aliphatic rings. The third kappa shape index (κ3) is 3.83. The fraction of sp³-hybridized carbons (Fsp3) is 0.636. The summed E-state index contributed by atoms with van der Waals surface area (Å²) in [4.78, 5) is 15.7. The molecule has 0 aromatic carbocycles. The highest BCUT2D eigenvalue weighted by Crippen LogP contribution is 1.96. The highest BCUT2D eigenvalue weighted by Gasteiger charge is 2.04. The number of hydrogen-bond acceptors (Lipinski definition) is 3. The van der Waals surface area contributed by atoms with Crippen molar-refractivity contribution in [3.8, 4) is 0 Å². The van der Waals surface area contributed by atoms with Gasteiger partial charge in [0, 0.05) is 18.3 Å². The average molecular weight is 209 g/mol. The van der Waals surface area contributed by atoms with E-state index in [9.17, 15) is 4.79 Å². The summed E-state index contributed by atoms with van der Waals surface area (Å²) in [6.07, 6.45) is 1.63. The van der Waals surface area contributed by atoms with Crippen LogP contribution in [-0.4, -0.2) is 22.6 Å². The average Bonchev–Trinajstić information content (AvgIpc) is 2.19. The monoisotopic (exact) mass is 209 g/mol. The Morgan fingerprint density at radius 3 is 2.93 bits per heavy atom. The van der Waals surface area contributed by atoms with E-state index in [4.69, 9.17) is 0 Å². The van der Waals surface area contributed by atoms with Gasteiger partial charge in [0.05, 0.1) is 6.33 Å². The predicted molar refractivity (Wildman–Crippen MR) is 60.9 cm³/mol. The van der Waals surface area contributed by atoms with E-state index in [-0.39, 0.29) is 5.56 Å². The van der Waals surface area contributed by atoms with Crippen molar-refractivity contribution >= 4 is 0 Å². The molecule has 1 heterocycles. The van der Waals surface area contributed by atoms with Crippen LogP contribution in [-0.2, 0) is 6.54 Å². The lowest BCUT2D eigenvalue weighted by molar-refractivity contribution is 0.440. The molecule has 1 atom stereocenters. The number of hydrogen-bond donors (Lipinski definition) is 1. The Balaban J connectivity index is 2.60. The minimum Gasteiger partial charge on any atom is -0.317 e. The van der Waals surface area contributed by atoms with Gasteiger partial charge in [0.1, 0.15) is 0 Å². The summed E-state index contributed by atoms with van der Waals surface area (Å²) in [5, 5.41) is 3.26. The fourth-order valence-electron chi connectivity index (χ4n) is 1.44. The molecular weight excluding hydrogens is 190 g/mol. The van der Waals surface area contributed by atoms with Crippen molar-refractivity contribution < 1.29 is 0 Å². The molecule has 1 rings (SSSR count). The van der Waals surface area contributed by atoms with Crippen molar-refractivity contribution in [2.24, 2.45) is 5.92 Å². The van der Waals surface area contributed by atoms with Crippen molar-refractivity contribution in [2.45, 2.75) is 27.3 Å². The fourth-order valence-corrected chi connectivity index (χ4v) is 1.44. The van der Waals surface area contributed by atoms with Gasteiger partial charge >= 0.3 is 0 Å². The molecule has 0 saturated heterocycles. The largest absolute Gasteiger partial charge is 0.317 e. The molecule has 0 spiro atoms. The van der Waals surface area contributed by atoms with Crippen molar-refractivity contribution in [3.63, 3.8) is 0 Å². The zero-order valence-electron chi connectivity index (χ0n) is 9.66. The van der Waals surface area contributed by atoms with Crippen LogP contribution in [0, 0.1) is 12.8 Å². The highest BCUT2D eigenvalue weighted by atomic mass is 16.1. The zero-order valence-corrected chi connectivity index (χ0v) is 9.66. The molecule has 1 aromatic heterocycles. The van der Waals surface area contributed by atoms with Crippen LogP contribution in [0.5, 0.6) is 0 Å². The molecule has 1 N–H and O–H groups in total. The summed E-state index contributed by atoms with van der Waals surface area (Å²) in [5.74, 6) is 0.437. The third-order valence-electron chi connectivity index (χ3n) is 2.27. The topological polar surface area (TPSA) is 46.9 Å². The Morgan fingerprint density at radius 2 is 2.33 bits per heavy atom. The SMILES string of the molecule is CCNCC(C)Cn1cnc(C)cc1=O.